The van der Waals surface area contributed by atoms with Crippen LogP contribution < -0.4 is 15.4 Å². The van der Waals surface area contributed by atoms with Gasteiger partial charge in [-0.1, -0.05) is 30.7 Å². The Morgan fingerprint density at radius 1 is 1.33 bits per heavy atom. The minimum absolute atomic E-state index is 0.163. The summed E-state index contributed by atoms with van der Waals surface area (Å²) in [6, 6.07) is 6.52. The fourth-order valence-electron chi connectivity index (χ4n) is 1.60. The Hall–Kier alpha value is -1.75. The molecule has 116 valence electrons. The van der Waals surface area contributed by atoms with Gasteiger partial charge >= 0.3 is 0 Å². The monoisotopic (exact) mass is 312 g/mol. The first-order valence-corrected chi connectivity index (χ1v) is 7.36. The predicted octanol–water partition coefficient (Wildman–Crippen LogP) is 2.14. The number of nitrogens with one attached hydrogen (secondary N) is 2. The first kappa shape index (κ1) is 17.3. The molecule has 1 aromatic carbocycles. The zero-order valence-electron chi connectivity index (χ0n) is 12.3. The summed E-state index contributed by atoms with van der Waals surface area (Å²) in [7, 11) is 0. The third-order valence-electron chi connectivity index (χ3n) is 2.74. The molecule has 0 bridgehead atoms. The summed E-state index contributed by atoms with van der Waals surface area (Å²) in [6.07, 6.45) is 1.02. The van der Waals surface area contributed by atoms with Gasteiger partial charge in [-0.25, -0.2) is 0 Å². The summed E-state index contributed by atoms with van der Waals surface area (Å²) in [5, 5.41) is 5.85. The fourth-order valence-corrected chi connectivity index (χ4v) is 1.79. The molecule has 1 rings (SSSR count). The standard InChI is InChI=1S/C15H21ClN2O3/c1-3-9-17-15(20)11(2)18-14(19)8-10-21-13-7-5-4-6-12(13)16/h4-7,11H,3,8-10H2,1-2H3,(H,17,20)(H,18,19)/t11-/m1/s1. The lowest BCUT2D eigenvalue weighted by molar-refractivity contribution is -0.128. The van der Waals surface area contributed by atoms with Crippen LogP contribution in [0.25, 0.3) is 0 Å². The smallest absolute Gasteiger partial charge is 0.242 e. The summed E-state index contributed by atoms with van der Waals surface area (Å²) in [5.74, 6) is 0.124. The molecule has 0 radical (unpaired) electrons. The van der Waals surface area contributed by atoms with Gasteiger partial charge in [0.25, 0.3) is 0 Å². The van der Waals surface area contributed by atoms with E-state index >= 15 is 0 Å². The fraction of sp³-hybridized carbons (Fsp3) is 0.467. The van der Waals surface area contributed by atoms with E-state index in [9.17, 15) is 9.59 Å². The van der Waals surface area contributed by atoms with E-state index < -0.39 is 6.04 Å². The molecule has 2 N–H and O–H groups in total. The van der Waals surface area contributed by atoms with Gasteiger partial charge in [-0.3, -0.25) is 9.59 Å². The number of carbonyl (C=O) groups is 2. The van der Waals surface area contributed by atoms with Crippen LogP contribution >= 0.6 is 11.6 Å². The number of carbonyl (C=O) groups excluding carboxylic acids is 2. The maximum Gasteiger partial charge on any atom is 0.242 e. The Morgan fingerprint density at radius 3 is 2.71 bits per heavy atom. The molecule has 1 aromatic rings. The molecule has 0 spiro atoms. The van der Waals surface area contributed by atoms with Crippen LogP contribution in [0.1, 0.15) is 26.7 Å². The molecular formula is C15H21ClN2O3. The largest absolute Gasteiger partial charge is 0.491 e. The van der Waals surface area contributed by atoms with Gasteiger partial charge in [-0.2, -0.15) is 0 Å². The van der Waals surface area contributed by atoms with E-state index in [0.717, 1.165) is 6.42 Å². The topological polar surface area (TPSA) is 67.4 Å². The van der Waals surface area contributed by atoms with E-state index in [1.54, 1.807) is 31.2 Å². The molecule has 0 aliphatic heterocycles. The van der Waals surface area contributed by atoms with Gasteiger partial charge < -0.3 is 15.4 Å². The number of ether oxygens (including phenoxy) is 1. The molecular weight excluding hydrogens is 292 g/mol. The number of hydrogen-bond acceptors (Lipinski definition) is 3. The van der Waals surface area contributed by atoms with Crippen molar-refractivity contribution >= 4 is 23.4 Å². The highest BCUT2D eigenvalue weighted by Crippen LogP contribution is 2.22. The van der Waals surface area contributed by atoms with E-state index in [0.29, 0.717) is 17.3 Å². The van der Waals surface area contributed by atoms with Crippen molar-refractivity contribution in [3.05, 3.63) is 29.3 Å². The number of benzene rings is 1. The van der Waals surface area contributed by atoms with Gasteiger partial charge in [0.2, 0.25) is 11.8 Å². The minimum atomic E-state index is -0.552. The SMILES string of the molecule is CCCNC(=O)[C@@H](C)NC(=O)CCOc1ccccc1Cl. The first-order valence-electron chi connectivity index (χ1n) is 6.99. The van der Waals surface area contributed by atoms with Crippen molar-refractivity contribution in [3.63, 3.8) is 0 Å². The molecule has 21 heavy (non-hydrogen) atoms. The van der Waals surface area contributed by atoms with Crippen molar-refractivity contribution in [2.24, 2.45) is 0 Å². The van der Waals surface area contributed by atoms with Crippen LogP contribution in [-0.2, 0) is 9.59 Å². The Morgan fingerprint density at radius 2 is 2.05 bits per heavy atom. The van der Waals surface area contributed by atoms with Crippen LogP contribution in [0.4, 0.5) is 0 Å². The molecule has 0 aliphatic rings. The molecule has 0 saturated carbocycles. The molecule has 5 nitrogen and oxygen atoms in total. The maximum absolute atomic E-state index is 11.7. The van der Waals surface area contributed by atoms with Crippen LogP contribution in [0.2, 0.25) is 5.02 Å². The molecule has 0 aliphatic carbocycles. The number of hydrogen-bond donors (Lipinski definition) is 2. The Balaban J connectivity index is 2.28. The Bertz CT molecular complexity index is 480. The third-order valence-corrected chi connectivity index (χ3v) is 3.06. The Kier molecular flexibility index (Phi) is 7.61. The van der Waals surface area contributed by atoms with Crippen LogP contribution in [0, 0.1) is 0 Å². The summed E-state index contributed by atoms with van der Waals surface area (Å²) in [6.45, 7) is 4.43. The molecule has 6 heteroatoms. The summed E-state index contributed by atoms with van der Waals surface area (Å²) in [5.41, 5.74) is 0. The van der Waals surface area contributed by atoms with Crippen LogP contribution in [0.5, 0.6) is 5.75 Å². The van der Waals surface area contributed by atoms with Crippen LogP contribution in [-0.4, -0.2) is 31.0 Å². The predicted molar refractivity (Wildman–Crippen MR) is 82.5 cm³/mol. The summed E-state index contributed by atoms with van der Waals surface area (Å²) < 4.78 is 5.42. The minimum Gasteiger partial charge on any atom is -0.491 e. The van der Waals surface area contributed by atoms with Crippen LogP contribution in [0.3, 0.4) is 0 Å². The van der Waals surface area contributed by atoms with E-state index in [-0.39, 0.29) is 24.8 Å². The molecule has 0 saturated heterocycles. The Labute approximate surface area is 130 Å². The van der Waals surface area contributed by atoms with Gasteiger partial charge in [-0.15, -0.1) is 0 Å². The average Bonchev–Trinajstić information content (AvgIpc) is 2.46. The zero-order chi connectivity index (χ0) is 15.7. The third kappa shape index (κ3) is 6.49. The van der Waals surface area contributed by atoms with Crippen molar-refractivity contribution < 1.29 is 14.3 Å². The van der Waals surface area contributed by atoms with Crippen molar-refractivity contribution in [2.75, 3.05) is 13.2 Å². The highest BCUT2D eigenvalue weighted by Gasteiger charge is 2.14. The van der Waals surface area contributed by atoms with E-state index in [2.05, 4.69) is 10.6 Å². The highest BCUT2D eigenvalue weighted by molar-refractivity contribution is 6.32. The van der Waals surface area contributed by atoms with Crippen molar-refractivity contribution in [1.82, 2.24) is 10.6 Å². The highest BCUT2D eigenvalue weighted by atomic mass is 35.5. The number of para-hydroxylation sites is 1. The number of halogens is 1. The quantitative estimate of drug-likeness (QED) is 0.773. The van der Waals surface area contributed by atoms with E-state index in [1.165, 1.54) is 0 Å². The lowest BCUT2D eigenvalue weighted by Gasteiger charge is -2.14. The molecule has 0 aromatic heterocycles. The van der Waals surface area contributed by atoms with Crippen molar-refractivity contribution in [2.45, 2.75) is 32.7 Å². The number of rotatable bonds is 8. The molecule has 2 amide bonds. The van der Waals surface area contributed by atoms with E-state index in [1.807, 2.05) is 6.92 Å². The molecule has 0 fully saturated rings. The van der Waals surface area contributed by atoms with Crippen LogP contribution in [0.15, 0.2) is 24.3 Å². The van der Waals surface area contributed by atoms with Crippen molar-refractivity contribution in [3.8, 4) is 5.75 Å². The summed E-state index contributed by atoms with van der Waals surface area (Å²) >= 11 is 5.94. The van der Waals surface area contributed by atoms with Gasteiger partial charge in [0.05, 0.1) is 18.1 Å². The normalized spacial score (nSPS) is 11.6. The zero-order valence-corrected chi connectivity index (χ0v) is 13.1. The summed E-state index contributed by atoms with van der Waals surface area (Å²) in [4.78, 5) is 23.3. The molecule has 0 unspecified atom stereocenters. The van der Waals surface area contributed by atoms with Gasteiger partial charge in [-0.05, 0) is 25.5 Å². The average molecular weight is 313 g/mol. The second-order valence-corrected chi connectivity index (χ2v) is 5.02. The lowest BCUT2D eigenvalue weighted by atomic mass is 10.3. The molecule has 0 heterocycles. The van der Waals surface area contributed by atoms with Gasteiger partial charge in [0.15, 0.2) is 0 Å². The molecule has 1 atom stereocenters. The number of amides is 2. The first-order chi connectivity index (χ1) is 10.0. The van der Waals surface area contributed by atoms with E-state index in [4.69, 9.17) is 16.3 Å². The van der Waals surface area contributed by atoms with Gasteiger partial charge in [0, 0.05) is 6.54 Å². The second kappa shape index (κ2) is 9.23. The van der Waals surface area contributed by atoms with Crippen molar-refractivity contribution in [1.29, 1.82) is 0 Å². The lowest BCUT2D eigenvalue weighted by Crippen LogP contribution is -2.45. The maximum atomic E-state index is 11.7. The van der Waals surface area contributed by atoms with Gasteiger partial charge in [0.1, 0.15) is 11.8 Å². The second-order valence-electron chi connectivity index (χ2n) is 4.61.